The third-order valence-electron chi connectivity index (χ3n) is 4.08. The average Bonchev–Trinajstić information content (AvgIpc) is 2.91. The second-order valence-corrected chi connectivity index (χ2v) is 6.63. The highest BCUT2D eigenvalue weighted by molar-refractivity contribution is 6.34. The van der Waals surface area contributed by atoms with Crippen LogP contribution in [0.25, 0.3) is 0 Å². The van der Waals surface area contributed by atoms with E-state index in [9.17, 15) is 14.4 Å². The Morgan fingerprint density at radius 2 is 1.67 bits per heavy atom. The molecule has 1 aliphatic heterocycles. The first-order valence-electron chi connectivity index (χ1n) is 8.85. The van der Waals surface area contributed by atoms with Crippen molar-refractivity contribution in [3.05, 3.63) is 59.2 Å². The van der Waals surface area contributed by atoms with Crippen molar-refractivity contribution in [1.29, 1.82) is 0 Å². The molecule has 27 heavy (non-hydrogen) atoms. The van der Waals surface area contributed by atoms with Crippen molar-refractivity contribution in [3.8, 4) is 5.75 Å². The van der Waals surface area contributed by atoms with Crippen LogP contribution in [0, 0.1) is 5.92 Å². The lowest BCUT2D eigenvalue weighted by atomic mass is 10.1. The van der Waals surface area contributed by atoms with Crippen LogP contribution in [-0.2, 0) is 4.74 Å². The lowest BCUT2D eigenvalue weighted by molar-refractivity contribution is 0.0458. The number of hydrogen-bond donors (Lipinski definition) is 0. The molecule has 0 fully saturated rings. The van der Waals surface area contributed by atoms with Crippen molar-refractivity contribution in [2.24, 2.45) is 5.92 Å². The SMILES string of the molecule is CCOc1ccc(N2C(=O)c3ccc(C(=O)OCC(C)C)cc3C2=O)cc1. The lowest BCUT2D eigenvalue weighted by Crippen LogP contribution is -2.29. The van der Waals surface area contributed by atoms with E-state index in [2.05, 4.69) is 0 Å². The molecule has 0 bridgehead atoms. The number of rotatable bonds is 6. The average molecular weight is 367 g/mol. The van der Waals surface area contributed by atoms with Gasteiger partial charge in [-0.1, -0.05) is 13.8 Å². The van der Waals surface area contributed by atoms with E-state index in [0.29, 0.717) is 24.7 Å². The molecule has 0 spiro atoms. The summed E-state index contributed by atoms with van der Waals surface area (Å²) in [5.74, 6) is -0.514. The first-order chi connectivity index (χ1) is 12.9. The third kappa shape index (κ3) is 3.69. The van der Waals surface area contributed by atoms with Gasteiger partial charge in [0.1, 0.15) is 5.75 Å². The zero-order valence-electron chi connectivity index (χ0n) is 15.5. The fourth-order valence-corrected chi connectivity index (χ4v) is 2.79. The predicted molar refractivity (Wildman–Crippen MR) is 100 cm³/mol. The molecular weight excluding hydrogens is 346 g/mol. The molecule has 6 heteroatoms. The molecule has 0 unspecified atom stereocenters. The molecule has 0 aliphatic carbocycles. The Bertz CT molecular complexity index is 886. The van der Waals surface area contributed by atoms with Crippen molar-refractivity contribution >= 4 is 23.5 Å². The number of imide groups is 1. The standard InChI is InChI=1S/C21H21NO5/c1-4-26-16-8-6-15(7-9-16)22-19(23)17-10-5-14(11-18(17)20(22)24)21(25)27-12-13(2)3/h5-11,13H,4,12H2,1-3H3. The Morgan fingerprint density at radius 1 is 1.00 bits per heavy atom. The van der Waals surface area contributed by atoms with E-state index in [0.717, 1.165) is 4.90 Å². The molecule has 1 heterocycles. The van der Waals surface area contributed by atoms with Crippen LogP contribution in [0.3, 0.4) is 0 Å². The summed E-state index contributed by atoms with van der Waals surface area (Å²) in [6.07, 6.45) is 0. The molecule has 0 aromatic heterocycles. The summed E-state index contributed by atoms with van der Waals surface area (Å²) in [5, 5.41) is 0. The zero-order valence-corrected chi connectivity index (χ0v) is 15.5. The van der Waals surface area contributed by atoms with Crippen LogP contribution in [0.1, 0.15) is 51.8 Å². The second-order valence-electron chi connectivity index (χ2n) is 6.63. The van der Waals surface area contributed by atoms with Gasteiger partial charge in [-0.05, 0) is 55.3 Å². The fraction of sp³-hybridized carbons (Fsp3) is 0.286. The first-order valence-corrected chi connectivity index (χ1v) is 8.85. The van der Waals surface area contributed by atoms with Crippen molar-refractivity contribution in [1.82, 2.24) is 0 Å². The number of fused-ring (bicyclic) bond motifs is 1. The van der Waals surface area contributed by atoms with Crippen LogP contribution in [0.5, 0.6) is 5.75 Å². The number of nitrogens with zero attached hydrogens (tertiary/aromatic N) is 1. The minimum Gasteiger partial charge on any atom is -0.494 e. The molecule has 2 aromatic carbocycles. The fourth-order valence-electron chi connectivity index (χ4n) is 2.79. The van der Waals surface area contributed by atoms with Crippen LogP contribution >= 0.6 is 0 Å². The van der Waals surface area contributed by atoms with Gasteiger partial charge < -0.3 is 9.47 Å². The zero-order chi connectivity index (χ0) is 19.6. The number of carbonyl (C=O) groups excluding carboxylic acids is 3. The molecule has 0 N–H and O–H groups in total. The molecule has 0 radical (unpaired) electrons. The van der Waals surface area contributed by atoms with E-state index < -0.39 is 17.8 Å². The van der Waals surface area contributed by atoms with Crippen molar-refractivity contribution in [2.75, 3.05) is 18.1 Å². The summed E-state index contributed by atoms with van der Waals surface area (Å²) in [6.45, 7) is 6.57. The second kappa shape index (κ2) is 7.61. The van der Waals surface area contributed by atoms with E-state index in [4.69, 9.17) is 9.47 Å². The minimum atomic E-state index is -0.508. The summed E-state index contributed by atoms with van der Waals surface area (Å²) in [7, 11) is 0. The Kier molecular flexibility index (Phi) is 5.26. The van der Waals surface area contributed by atoms with Crippen LogP contribution in [-0.4, -0.2) is 31.0 Å². The van der Waals surface area contributed by atoms with Gasteiger partial charge in [-0.2, -0.15) is 0 Å². The van der Waals surface area contributed by atoms with Gasteiger partial charge in [0.25, 0.3) is 11.8 Å². The van der Waals surface area contributed by atoms with E-state index in [1.807, 2.05) is 20.8 Å². The monoisotopic (exact) mass is 367 g/mol. The van der Waals surface area contributed by atoms with Gasteiger partial charge >= 0.3 is 5.97 Å². The Labute approximate surface area is 157 Å². The van der Waals surface area contributed by atoms with Gasteiger partial charge in [0.05, 0.1) is 35.6 Å². The molecule has 2 aromatic rings. The summed E-state index contributed by atoms with van der Waals surface area (Å²) < 4.78 is 10.6. The number of anilines is 1. The maximum Gasteiger partial charge on any atom is 0.338 e. The van der Waals surface area contributed by atoms with Gasteiger partial charge in [0.2, 0.25) is 0 Å². The summed E-state index contributed by atoms with van der Waals surface area (Å²) in [5.41, 5.74) is 1.18. The molecule has 0 atom stereocenters. The first kappa shape index (κ1) is 18.6. The van der Waals surface area contributed by atoms with Gasteiger partial charge in [0.15, 0.2) is 0 Å². The van der Waals surface area contributed by atoms with Crippen molar-refractivity contribution in [2.45, 2.75) is 20.8 Å². The predicted octanol–water partition coefficient (Wildman–Crippen LogP) is 3.70. The number of esters is 1. The smallest absolute Gasteiger partial charge is 0.338 e. The largest absolute Gasteiger partial charge is 0.494 e. The Balaban J connectivity index is 1.85. The van der Waals surface area contributed by atoms with E-state index in [1.54, 1.807) is 24.3 Å². The highest BCUT2D eigenvalue weighted by Gasteiger charge is 2.37. The molecule has 2 amide bonds. The van der Waals surface area contributed by atoms with Gasteiger partial charge in [-0.25, -0.2) is 9.69 Å². The molecule has 0 saturated heterocycles. The van der Waals surface area contributed by atoms with Gasteiger partial charge in [-0.3, -0.25) is 9.59 Å². The van der Waals surface area contributed by atoms with Crippen LogP contribution in [0.4, 0.5) is 5.69 Å². The molecule has 1 aliphatic rings. The molecule has 6 nitrogen and oxygen atoms in total. The molecule has 140 valence electrons. The van der Waals surface area contributed by atoms with Crippen molar-refractivity contribution in [3.63, 3.8) is 0 Å². The molecule has 3 rings (SSSR count). The van der Waals surface area contributed by atoms with Gasteiger partial charge in [0, 0.05) is 0 Å². The number of hydrogen-bond acceptors (Lipinski definition) is 5. The van der Waals surface area contributed by atoms with Crippen LogP contribution < -0.4 is 9.64 Å². The quantitative estimate of drug-likeness (QED) is 0.575. The Morgan fingerprint density at radius 3 is 2.30 bits per heavy atom. The minimum absolute atomic E-state index is 0.202. The highest BCUT2D eigenvalue weighted by atomic mass is 16.5. The van der Waals surface area contributed by atoms with Crippen molar-refractivity contribution < 1.29 is 23.9 Å². The van der Waals surface area contributed by atoms with E-state index >= 15 is 0 Å². The summed E-state index contributed by atoms with van der Waals surface area (Å²) >= 11 is 0. The van der Waals surface area contributed by atoms with E-state index in [1.165, 1.54) is 18.2 Å². The van der Waals surface area contributed by atoms with E-state index in [-0.39, 0.29) is 22.6 Å². The maximum atomic E-state index is 12.8. The summed E-state index contributed by atoms with van der Waals surface area (Å²) in [6, 6.07) is 11.2. The Hall–Kier alpha value is -3.15. The lowest BCUT2D eigenvalue weighted by Gasteiger charge is -2.14. The number of amides is 2. The highest BCUT2D eigenvalue weighted by Crippen LogP contribution is 2.30. The molecule has 0 saturated carbocycles. The van der Waals surface area contributed by atoms with Gasteiger partial charge in [-0.15, -0.1) is 0 Å². The van der Waals surface area contributed by atoms with Crippen LogP contribution in [0.2, 0.25) is 0 Å². The topological polar surface area (TPSA) is 72.9 Å². The molecular formula is C21H21NO5. The third-order valence-corrected chi connectivity index (χ3v) is 4.08. The van der Waals surface area contributed by atoms with Crippen LogP contribution in [0.15, 0.2) is 42.5 Å². The number of carbonyl (C=O) groups is 3. The number of benzene rings is 2. The maximum absolute atomic E-state index is 12.8. The normalized spacial score (nSPS) is 13.1. The summed E-state index contributed by atoms with van der Waals surface area (Å²) in [4.78, 5) is 38.7. The number of ether oxygens (including phenoxy) is 2.